The van der Waals surface area contributed by atoms with Crippen molar-refractivity contribution in [1.82, 2.24) is 5.32 Å². The van der Waals surface area contributed by atoms with Crippen LogP contribution in [-0.4, -0.2) is 31.6 Å². The highest BCUT2D eigenvalue weighted by atomic mass is 16.5. The van der Waals surface area contributed by atoms with Crippen molar-refractivity contribution in [2.45, 2.75) is 137 Å². The van der Waals surface area contributed by atoms with Gasteiger partial charge < -0.3 is 15.8 Å². The topological polar surface area (TPSA) is 81.4 Å². The summed E-state index contributed by atoms with van der Waals surface area (Å²) in [5, 5.41) is 3.11. The fraction of sp³-hybridized carbons (Fsp3) is 0.923. The zero-order valence-electron chi connectivity index (χ0n) is 21.7. The van der Waals surface area contributed by atoms with E-state index in [9.17, 15) is 9.59 Å². The molecule has 5 nitrogen and oxygen atoms in total. The van der Waals surface area contributed by atoms with Gasteiger partial charge in [-0.25, -0.2) is 0 Å². The third-order valence-electron chi connectivity index (χ3n) is 4.87. The van der Waals surface area contributed by atoms with Gasteiger partial charge in [-0.3, -0.25) is 9.59 Å². The third-order valence-corrected chi connectivity index (χ3v) is 4.87. The zero-order chi connectivity index (χ0) is 24.0. The van der Waals surface area contributed by atoms with Crippen LogP contribution in [-0.2, 0) is 14.3 Å². The summed E-state index contributed by atoms with van der Waals surface area (Å²) in [6.07, 6.45) is 20.9. The minimum absolute atomic E-state index is 0.153. The number of nitrogens with two attached hydrogens (primary N) is 1. The highest BCUT2D eigenvalue weighted by Gasteiger charge is 1.96. The molecule has 0 aliphatic carbocycles. The lowest BCUT2D eigenvalue weighted by Gasteiger charge is -2.03. The maximum atomic E-state index is 10.6. The van der Waals surface area contributed by atoms with Crippen LogP contribution in [0.2, 0.25) is 0 Å². The average molecular weight is 445 g/mol. The molecular formula is C26H56N2O3. The Morgan fingerprint density at radius 1 is 0.645 bits per heavy atom. The summed E-state index contributed by atoms with van der Waals surface area (Å²) >= 11 is 0. The number of amides is 1. The van der Waals surface area contributed by atoms with Crippen LogP contribution in [0.15, 0.2) is 0 Å². The van der Waals surface area contributed by atoms with Gasteiger partial charge in [0.1, 0.15) is 0 Å². The molecule has 3 N–H and O–H groups in total. The van der Waals surface area contributed by atoms with Crippen LogP contribution in [0.4, 0.5) is 0 Å². The van der Waals surface area contributed by atoms with E-state index in [-0.39, 0.29) is 11.9 Å². The van der Waals surface area contributed by atoms with Crippen molar-refractivity contribution in [1.29, 1.82) is 0 Å². The Balaban J connectivity index is -0.000000583. The number of carbonyl (C=O) groups is 2. The highest BCUT2D eigenvalue weighted by molar-refractivity contribution is 5.73. The van der Waals surface area contributed by atoms with E-state index in [0.29, 0.717) is 13.0 Å². The Morgan fingerprint density at radius 3 is 1.19 bits per heavy atom. The second-order valence-electron chi connectivity index (χ2n) is 8.05. The summed E-state index contributed by atoms with van der Waals surface area (Å²) in [5.74, 6) is -0.364. The van der Waals surface area contributed by atoms with Gasteiger partial charge in [0, 0.05) is 13.3 Å². The molecular weight excluding hydrogens is 388 g/mol. The van der Waals surface area contributed by atoms with E-state index < -0.39 is 0 Å². The fourth-order valence-corrected chi connectivity index (χ4v) is 3.12. The SMILES string of the molecule is CCCCCCCCCCCCCCCCCC(N)=O.CCNCC.CCOC(C)=O. The molecule has 0 saturated heterocycles. The normalized spacial score (nSPS) is 9.84. The lowest BCUT2D eigenvalue weighted by molar-refractivity contribution is -0.140. The lowest BCUT2D eigenvalue weighted by atomic mass is 10.0. The van der Waals surface area contributed by atoms with Gasteiger partial charge in [0.05, 0.1) is 6.61 Å². The average Bonchev–Trinajstić information content (AvgIpc) is 2.72. The number of hydrogen-bond donors (Lipinski definition) is 2. The molecule has 0 saturated carbocycles. The van der Waals surface area contributed by atoms with E-state index in [0.717, 1.165) is 19.5 Å². The molecule has 0 aromatic rings. The van der Waals surface area contributed by atoms with Crippen molar-refractivity contribution >= 4 is 11.9 Å². The van der Waals surface area contributed by atoms with Crippen LogP contribution in [0.3, 0.4) is 0 Å². The first-order valence-corrected chi connectivity index (χ1v) is 13.1. The van der Waals surface area contributed by atoms with Crippen molar-refractivity contribution in [3.63, 3.8) is 0 Å². The Morgan fingerprint density at radius 2 is 1.00 bits per heavy atom. The van der Waals surface area contributed by atoms with Crippen LogP contribution in [0.25, 0.3) is 0 Å². The zero-order valence-corrected chi connectivity index (χ0v) is 21.7. The van der Waals surface area contributed by atoms with Gasteiger partial charge in [0.25, 0.3) is 0 Å². The number of hydrogen-bond acceptors (Lipinski definition) is 4. The monoisotopic (exact) mass is 444 g/mol. The second-order valence-corrected chi connectivity index (χ2v) is 8.05. The second kappa shape index (κ2) is 33.5. The Labute approximate surface area is 194 Å². The molecule has 5 heteroatoms. The molecule has 0 atom stereocenters. The van der Waals surface area contributed by atoms with Crippen molar-refractivity contribution in [3.8, 4) is 0 Å². The number of unbranched alkanes of at least 4 members (excludes halogenated alkanes) is 14. The Bertz CT molecular complexity index is 348. The first kappa shape index (κ1) is 34.5. The molecule has 188 valence electrons. The van der Waals surface area contributed by atoms with E-state index in [4.69, 9.17) is 5.73 Å². The van der Waals surface area contributed by atoms with Gasteiger partial charge >= 0.3 is 5.97 Å². The van der Waals surface area contributed by atoms with Crippen LogP contribution < -0.4 is 11.1 Å². The van der Waals surface area contributed by atoms with Crippen molar-refractivity contribution in [2.75, 3.05) is 19.7 Å². The van der Waals surface area contributed by atoms with E-state index in [1.807, 2.05) is 0 Å². The third kappa shape index (κ3) is 47.9. The summed E-state index contributed by atoms with van der Waals surface area (Å²) in [7, 11) is 0. The Kier molecular flexibility index (Phi) is 37.3. The van der Waals surface area contributed by atoms with E-state index in [1.54, 1.807) is 6.92 Å². The quantitative estimate of drug-likeness (QED) is 0.167. The summed E-state index contributed by atoms with van der Waals surface area (Å²) in [6.45, 7) is 12.3. The van der Waals surface area contributed by atoms with Crippen molar-refractivity contribution in [2.24, 2.45) is 5.73 Å². The number of ether oxygens (including phenoxy) is 1. The molecule has 0 heterocycles. The Hall–Kier alpha value is -1.10. The van der Waals surface area contributed by atoms with Crippen molar-refractivity contribution < 1.29 is 14.3 Å². The number of rotatable bonds is 19. The number of carbonyl (C=O) groups excluding carboxylic acids is 2. The lowest BCUT2D eigenvalue weighted by Crippen LogP contribution is -2.09. The first-order chi connectivity index (χ1) is 15.0. The van der Waals surface area contributed by atoms with Gasteiger partial charge in [0.2, 0.25) is 5.91 Å². The summed E-state index contributed by atoms with van der Waals surface area (Å²) in [5.41, 5.74) is 5.11. The molecule has 0 rings (SSSR count). The standard InChI is InChI=1S/C18H37NO.C4H11N.C4H8O2/c1-2-3-4-5-6-7-8-9-10-11-12-13-14-15-16-17-18(19)20;1-3-5-4-2;1-3-6-4(2)5/h2-17H2,1H3,(H2,19,20);5H,3-4H2,1-2H3;3H2,1-2H3. The molecule has 0 radical (unpaired) electrons. The van der Waals surface area contributed by atoms with E-state index in [1.165, 1.54) is 96.8 Å². The summed E-state index contributed by atoms with van der Waals surface area (Å²) in [4.78, 5) is 20.4. The van der Waals surface area contributed by atoms with Crippen LogP contribution in [0.5, 0.6) is 0 Å². The maximum absolute atomic E-state index is 10.6. The number of nitrogens with one attached hydrogen (secondary N) is 1. The molecule has 0 bridgehead atoms. The number of esters is 1. The predicted octanol–water partition coefficient (Wildman–Crippen LogP) is 6.92. The molecule has 0 aliphatic rings. The molecule has 0 aliphatic heterocycles. The molecule has 0 aromatic carbocycles. The molecule has 0 spiro atoms. The van der Waals surface area contributed by atoms with Gasteiger partial charge in [0.15, 0.2) is 0 Å². The van der Waals surface area contributed by atoms with Crippen LogP contribution in [0, 0.1) is 0 Å². The van der Waals surface area contributed by atoms with Crippen LogP contribution in [0.1, 0.15) is 137 Å². The first-order valence-electron chi connectivity index (χ1n) is 13.1. The van der Waals surface area contributed by atoms with Gasteiger partial charge in [-0.05, 0) is 26.4 Å². The van der Waals surface area contributed by atoms with Crippen LogP contribution >= 0.6 is 0 Å². The van der Waals surface area contributed by atoms with Gasteiger partial charge in [-0.15, -0.1) is 0 Å². The molecule has 0 aromatic heterocycles. The van der Waals surface area contributed by atoms with E-state index >= 15 is 0 Å². The predicted molar refractivity (Wildman–Crippen MR) is 135 cm³/mol. The fourth-order valence-electron chi connectivity index (χ4n) is 3.12. The number of primary amides is 1. The molecule has 31 heavy (non-hydrogen) atoms. The molecule has 1 amide bonds. The molecule has 0 fully saturated rings. The van der Waals surface area contributed by atoms with Gasteiger partial charge in [-0.1, -0.05) is 111 Å². The van der Waals surface area contributed by atoms with Crippen molar-refractivity contribution in [3.05, 3.63) is 0 Å². The van der Waals surface area contributed by atoms with E-state index in [2.05, 4.69) is 30.8 Å². The van der Waals surface area contributed by atoms with Gasteiger partial charge in [-0.2, -0.15) is 0 Å². The highest BCUT2D eigenvalue weighted by Crippen LogP contribution is 2.13. The minimum Gasteiger partial charge on any atom is -0.466 e. The minimum atomic E-state index is -0.211. The summed E-state index contributed by atoms with van der Waals surface area (Å²) in [6, 6.07) is 0. The molecule has 0 unspecified atom stereocenters. The smallest absolute Gasteiger partial charge is 0.302 e. The largest absolute Gasteiger partial charge is 0.466 e. The summed E-state index contributed by atoms with van der Waals surface area (Å²) < 4.78 is 4.40. The maximum Gasteiger partial charge on any atom is 0.302 e.